The van der Waals surface area contributed by atoms with Crippen LogP contribution in [0.1, 0.15) is 10.4 Å². The second-order valence-electron chi connectivity index (χ2n) is 2.12. The van der Waals surface area contributed by atoms with Gasteiger partial charge in [0.1, 0.15) is 0 Å². The third kappa shape index (κ3) is 1.75. The van der Waals surface area contributed by atoms with Gasteiger partial charge < -0.3 is 0 Å². The number of rotatable bonds is 3. The zero-order chi connectivity index (χ0) is 8.97. The lowest BCUT2D eigenvalue weighted by Gasteiger charge is -1.95. The van der Waals surface area contributed by atoms with Gasteiger partial charge in [0.2, 0.25) is 0 Å². The van der Waals surface area contributed by atoms with Crippen LogP contribution in [0.5, 0.6) is 0 Å². The molecule has 4 nitrogen and oxygen atoms in total. The lowest BCUT2D eigenvalue weighted by Crippen LogP contribution is -1.97. The Morgan fingerprint density at radius 2 is 2.33 bits per heavy atom. The molecule has 1 heterocycles. The molecule has 0 unspecified atom stereocenters. The molecule has 0 aliphatic carbocycles. The monoisotopic (exact) mass is 160 g/mol. The van der Waals surface area contributed by atoms with Crippen LogP contribution >= 0.6 is 0 Å². The van der Waals surface area contributed by atoms with Gasteiger partial charge in [-0.1, -0.05) is 0 Å². The third-order valence-electron chi connectivity index (χ3n) is 1.35. The lowest BCUT2D eigenvalue weighted by atomic mass is 9.97. The molecule has 12 heavy (non-hydrogen) atoms. The summed E-state index contributed by atoms with van der Waals surface area (Å²) in [5, 5.41) is 2.59. The average molecular weight is 160 g/mol. The van der Waals surface area contributed by atoms with Crippen LogP contribution < -0.4 is 0 Å². The number of Topliss-reactive ketones (excluding diaryl/α,β-unsaturated/α-hetero) is 1. The highest BCUT2D eigenvalue weighted by molar-refractivity contribution is 6.23. The van der Waals surface area contributed by atoms with Crippen LogP contribution in [0.4, 0.5) is 5.82 Å². The molecule has 0 amide bonds. The number of pyridine rings is 1. The predicted molar refractivity (Wildman–Crippen MR) is 44.6 cm³/mol. The van der Waals surface area contributed by atoms with Gasteiger partial charge in [0, 0.05) is 11.8 Å². The summed E-state index contributed by atoms with van der Waals surface area (Å²) < 4.78 is 0. The lowest BCUT2D eigenvalue weighted by molar-refractivity contribution is 0.101. The predicted octanol–water partition coefficient (Wildman–Crippen LogP) is 1.25. The van der Waals surface area contributed by atoms with Crippen LogP contribution in [-0.2, 0) is 0 Å². The zero-order valence-electron chi connectivity index (χ0n) is 6.23. The first-order valence-corrected chi connectivity index (χ1v) is 3.30. The molecule has 0 atom stereocenters. The van der Waals surface area contributed by atoms with E-state index in [0.717, 1.165) is 0 Å². The van der Waals surface area contributed by atoms with Crippen molar-refractivity contribution in [3.05, 3.63) is 28.8 Å². The number of aromatic nitrogens is 1. The topological polar surface area (TPSA) is 59.4 Å². The number of ketones is 1. The van der Waals surface area contributed by atoms with Gasteiger partial charge >= 0.3 is 0 Å². The van der Waals surface area contributed by atoms with E-state index in [1.54, 1.807) is 0 Å². The molecule has 0 aliphatic heterocycles. The molecular weight excluding hydrogens is 155 g/mol. The quantitative estimate of drug-likeness (QED) is 0.379. The number of carbonyl (C=O) groups is 1. The Morgan fingerprint density at radius 1 is 1.58 bits per heavy atom. The van der Waals surface area contributed by atoms with Crippen molar-refractivity contribution in [2.75, 3.05) is 0 Å². The molecule has 0 spiro atoms. The summed E-state index contributed by atoms with van der Waals surface area (Å²) in [6, 6.07) is 2.84. The SMILES string of the molecule is [B]CC(=O)c1ccc(N=O)nc1. The first-order valence-electron chi connectivity index (χ1n) is 3.30. The molecule has 0 fully saturated rings. The minimum Gasteiger partial charge on any atom is -0.295 e. The van der Waals surface area contributed by atoms with Crippen LogP contribution in [0.15, 0.2) is 23.5 Å². The molecule has 0 saturated carbocycles. The van der Waals surface area contributed by atoms with E-state index >= 15 is 0 Å². The smallest absolute Gasteiger partial charge is 0.196 e. The maximum atomic E-state index is 10.9. The summed E-state index contributed by atoms with van der Waals surface area (Å²) in [7, 11) is 5.11. The number of hydrogen-bond acceptors (Lipinski definition) is 4. The average Bonchev–Trinajstić information content (AvgIpc) is 2.17. The second kappa shape index (κ2) is 3.76. The summed E-state index contributed by atoms with van der Waals surface area (Å²) in [4.78, 5) is 24.5. The van der Waals surface area contributed by atoms with Crippen molar-refractivity contribution in [1.29, 1.82) is 0 Å². The fourth-order valence-electron chi connectivity index (χ4n) is 0.723. The van der Waals surface area contributed by atoms with Crippen LogP contribution in [0.3, 0.4) is 0 Å². The Kier molecular flexibility index (Phi) is 2.69. The van der Waals surface area contributed by atoms with Gasteiger partial charge in [0.25, 0.3) is 0 Å². The number of carbonyl (C=O) groups excluding carboxylic acids is 1. The van der Waals surface area contributed by atoms with E-state index in [1.165, 1.54) is 18.3 Å². The first-order chi connectivity index (χ1) is 5.77. The van der Waals surface area contributed by atoms with Crippen molar-refractivity contribution in [3.63, 3.8) is 0 Å². The van der Waals surface area contributed by atoms with Crippen LogP contribution in [0.2, 0.25) is 6.32 Å². The minimum atomic E-state index is -0.208. The van der Waals surface area contributed by atoms with Gasteiger partial charge in [-0.15, -0.1) is 4.91 Å². The van der Waals surface area contributed by atoms with E-state index in [-0.39, 0.29) is 17.9 Å². The van der Waals surface area contributed by atoms with E-state index in [9.17, 15) is 9.70 Å². The molecule has 0 aromatic carbocycles. The van der Waals surface area contributed by atoms with Crippen molar-refractivity contribution >= 4 is 19.4 Å². The van der Waals surface area contributed by atoms with Gasteiger partial charge in [0.15, 0.2) is 11.6 Å². The Balaban J connectivity index is 2.91. The van der Waals surface area contributed by atoms with Gasteiger partial charge in [-0.05, 0) is 23.6 Å². The molecule has 1 aromatic heterocycles. The number of nitrogens with zero attached hydrogens (tertiary/aromatic N) is 2. The maximum absolute atomic E-state index is 10.9. The van der Waals surface area contributed by atoms with Gasteiger partial charge in [-0.2, -0.15) is 0 Å². The molecule has 0 aliphatic rings. The Bertz CT molecular complexity index is 297. The van der Waals surface area contributed by atoms with Gasteiger partial charge in [-0.25, -0.2) is 4.98 Å². The molecule has 1 aromatic rings. The van der Waals surface area contributed by atoms with Crippen molar-refractivity contribution in [2.24, 2.45) is 5.18 Å². The minimum absolute atomic E-state index is 0.0589. The van der Waals surface area contributed by atoms with E-state index in [4.69, 9.17) is 7.85 Å². The van der Waals surface area contributed by atoms with E-state index in [2.05, 4.69) is 10.2 Å². The Labute approximate surface area is 70.4 Å². The standard InChI is InChI=1S/C7H5BN2O2/c8-3-6(11)5-1-2-7(10-12)9-4-5/h1-2,4H,3H2. The van der Waals surface area contributed by atoms with Crippen molar-refractivity contribution in [1.82, 2.24) is 4.98 Å². The van der Waals surface area contributed by atoms with Crippen LogP contribution in [0, 0.1) is 4.91 Å². The van der Waals surface area contributed by atoms with E-state index in [1.807, 2.05) is 0 Å². The molecule has 2 radical (unpaired) electrons. The summed E-state index contributed by atoms with van der Waals surface area (Å²) >= 11 is 0. The first kappa shape index (κ1) is 8.58. The molecule has 1 rings (SSSR count). The normalized spacial score (nSPS) is 9.33. The fourth-order valence-corrected chi connectivity index (χ4v) is 0.723. The second-order valence-corrected chi connectivity index (χ2v) is 2.12. The van der Waals surface area contributed by atoms with Crippen molar-refractivity contribution < 1.29 is 4.79 Å². The van der Waals surface area contributed by atoms with Crippen molar-refractivity contribution in [3.8, 4) is 0 Å². The molecule has 5 heteroatoms. The Hall–Kier alpha value is -1.52. The van der Waals surface area contributed by atoms with Crippen molar-refractivity contribution in [2.45, 2.75) is 6.32 Å². The number of hydrogen-bond donors (Lipinski definition) is 0. The summed E-state index contributed by atoms with van der Waals surface area (Å²) in [5.41, 5.74) is 0.393. The molecule has 0 saturated heterocycles. The summed E-state index contributed by atoms with van der Waals surface area (Å²) in [5.74, 6) is -0.150. The number of nitroso groups, excluding NO2 is 1. The molecule has 58 valence electrons. The van der Waals surface area contributed by atoms with E-state index < -0.39 is 0 Å². The third-order valence-corrected chi connectivity index (χ3v) is 1.35. The largest absolute Gasteiger partial charge is 0.295 e. The van der Waals surface area contributed by atoms with E-state index in [0.29, 0.717) is 5.56 Å². The Morgan fingerprint density at radius 3 is 2.75 bits per heavy atom. The molecule has 0 N–H and O–H groups in total. The van der Waals surface area contributed by atoms with Gasteiger partial charge in [-0.3, -0.25) is 4.79 Å². The van der Waals surface area contributed by atoms with Crippen LogP contribution in [-0.4, -0.2) is 18.6 Å². The van der Waals surface area contributed by atoms with Crippen LogP contribution in [0.25, 0.3) is 0 Å². The highest BCUT2D eigenvalue weighted by Gasteiger charge is 2.02. The fraction of sp³-hybridized carbons (Fsp3) is 0.143. The maximum Gasteiger partial charge on any atom is 0.196 e. The summed E-state index contributed by atoms with van der Waals surface area (Å²) in [6.07, 6.45) is 1.22. The van der Waals surface area contributed by atoms with Gasteiger partial charge in [0.05, 0.1) is 7.85 Å². The summed E-state index contributed by atoms with van der Waals surface area (Å²) in [6.45, 7) is 0. The highest BCUT2D eigenvalue weighted by Crippen LogP contribution is 2.08. The zero-order valence-corrected chi connectivity index (χ0v) is 6.23. The molecular formula is C7H5BN2O2. The molecule has 0 bridgehead atoms. The highest BCUT2D eigenvalue weighted by atomic mass is 16.3.